The maximum atomic E-state index is 12.2. The zero-order chi connectivity index (χ0) is 14.6. The number of rotatable bonds is 5. The monoisotopic (exact) mass is 274 g/mol. The van der Waals surface area contributed by atoms with Crippen molar-refractivity contribution in [1.82, 2.24) is 0 Å². The Bertz CT molecular complexity index is 434. The number of aliphatic hydroxyl groups is 1. The van der Waals surface area contributed by atoms with Crippen molar-refractivity contribution in [3.05, 3.63) is 35.9 Å². The smallest absolute Gasteiger partial charge is 0.136 e. The Labute approximate surface area is 122 Å². The molecule has 110 valence electrons. The topological polar surface area (TPSA) is 37.3 Å². The lowest BCUT2D eigenvalue weighted by atomic mass is 9.72. The van der Waals surface area contributed by atoms with Gasteiger partial charge in [0.05, 0.1) is 5.60 Å². The first-order valence-electron chi connectivity index (χ1n) is 7.88. The molecule has 0 bridgehead atoms. The summed E-state index contributed by atoms with van der Waals surface area (Å²) in [6.07, 6.45) is 4.59. The zero-order valence-corrected chi connectivity index (χ0v) is 12.6. The van der Waals surface area contributed by atoms with Crippen LogP contribution >= 0.6 is 0 Å². The van der Waals surface area contributed by atoms with Gasteiger partial charge in [-0.3, -0.25) is 4.79 Å². The number of hydrogen-bond donors (Lipinski definition) is 1. The van der Waals surface area contributed by atoms with Crippen LogP contribution in [-0.2, 0) is 4.79 Å². The fraction of sp³-hybridized carbons (Fsp3) is 0.611. The number of ketones is 1. The van der Waals surface area contributed by atoms with Crippen molar-refractivity contribution in [3.63, 3.8) is 0 Å². The lowest BCUT2D eigenvalue weighted by molar-refractivity contribution is -0.127. The highest BCUT2D eigenvalue weighted by atomic mass is 16.3. The Morgan fingerprint density at radius 2 is 1.85 bits per heavy atom. The van der Waals surface area contributed by atoms with Crippen molar-refractivity contribution >= 4 is 5.78 Å². The Morgan fingerprint density at radius 1 is 1.20 bits per heavy atom. The van der Waals surface area contributed by atoms with Crippen molar-refractivity contribution in [2.75, 3.05) is 0 Å². The Kier molecular flexibility index (Phi) is 4.98. The van der Waals surface area contributed by atoms with Crippen LogP contribution in [0.25, 0.3) is 0 Å². The van der Waals surface area contributed by atoms with E-state index in [1.807, 2.05) is 19.9 Å². The second-order valence-corrected chi connectivity index (χ2v) is 6.18. The quantitative estimate of drug-likeness (QED) is 0.878. The van der Waals surface area contributed by atoms with Gasteiger partial charge in [-0.1, -0.05) is 44.2 Å². The minimum atomic E-state index is -0.668. The fourth-order valence-corrected chi connectivity index (χ4v) is 3.34. The summed E-state index contributed by atoms with van der Waals surface area (Å²) < 4.78 is 0. The van der Waals surface area contributed by atoms with E-state index >= 15 is 0 Å². The van der Waals surface area contributed by atoms with Gasteiger partial charge in [-0.15, -0.1) is 0 Å². The molecule has 2 unspecified atom stereocenters. The van der Waals surface area contributed by atoms with Gasteiger partial charge in [0, 0.05) is 12.3 Å². The summed E-state index contributed by atoms with van der Waals surface area (Å²) in [6.45, 7) is 4.01. The average Bonchev–Trinajstić information content (AvgIpc) is 2.50. The van der Waals surface area contributed by atoms with E-state index in [0.29, 0.717) is 24.5 Å². The summed E-state index contributed by atoms with van der Waals surface area (Å²) in [5.41, 5.74) is 0.667. The van der Waals surface area contributed by atoms with E-state index in [0.717, 1.165) is 25.7 Å². The van der Waals surface area contributed by atoms with E-state index in [1.54, 1.807) is 0 Å². The summed E-state index contributed by atoms with van der Waals surface area (Å²) in [5.74, 6) is 0.841. The zero-order valence-electron chi connectivity index (χ0n) is 12.6. The molecule has 2 heteroatoms. The van der Waals surface area contributed by atoms with Crippen molar-refractivity contribution in [3.8, 4) is 0 Å². The molecule has 2 rings (SSSR count). The number of Topliss-reactive ketones (excluding diaryl/α,β-unsaturated/α-hetero) is 1. The van der Waals surface area contributed by atoms with Gasteiger partial charge in [0.15, 0.2) is 0 Å². The number of carbonyl (C=O) groups is 1. The largest absolute Gasteiger partial charge is 0.390 e. The van der Waals surface area contributed by atoms with Crippen molar-refractivity contribution < 1.29 is 9.90 Å². The van der Waals surface area contributed by atoms with Crippen molar-refractivity contribution in [1.29, 1.82) is 0 Å². The third kappa shape index (κ3) is 3.49. The highest BCUT2D eigenvalue weighted by Crippen LogP contribution is 2.38. The third-order valence-corrected chi connectivity index (χ3v) is 4.98. The Morgan fingerprint density at radius 3 is 2.45 bits per heavy atom. The van der Waals surface area contributed by atoms with Crippen LogP contribution in [0.4, 0.5) is 0 Å². The number of benzene rings is 1. The predicted molar refractivity (Wildman–Crippen MR) is 81.7 cm³/mol. The summed E-state index contributed by atoms with van der Waals surface area (Å²) in [6, 6.07) is 10.5. The minimum absolute atomic E-state index is 0.0267. The first-order valence-corrected chi connectivity index (χ1v) is 7.88. The highest BCUT2D eigenvalue weighted by molar-refractivity contribution is 5.82. The van der Waals surface area contributed by atoms with Crippen LogP contribution in [0.2, 0.25) is 0 Å². The first-order chi connectivity index (χ1) is 9.58. The third-order valence-electron chi connectivity index (χ3n) is 4.98. The molecule has 2 atom stereocenters. The maximum Gasteiger partial charge on any atom is 0.136 e. The molecule has 1 aliphatic carbocycles. The summed E-state index contributed by atoms with van der Waals surface area (Å²) in [4.78, 5) is 12.2. The molecule has 0 aliphatic heterocycles. The van der Waals surface area contributed by atoms with Crippen LogP contribution in [0.1, 0.15) is 63.9 Å². The van der Waals surface area contributed by atoms with Gasteiger partial charge in [0.2, 0.25) is 0 Å². The van der Waals surface area contributed by atoms with Crippen LogP contribution in [0, 0.1) is 5.92 Å². The highest BCUT2D eigenvalue weighted by Gasteiger charge is 2.35. The van der Waals surface area contributed by atoms with Crippen LogP contribution in [-0.4, -0.2) is 16.5 Å². The van der Waals surface area contributed by atoms with Gasteiger partial charge in [0.25, 0.3) is 0 Å². The molecule has 2 nitrogen and oxygen atoms in total. The predicted octanol–water partition coefficient (Wildman–Crippen LogP) is 4.08. The summed E-state index contributed by atoms with van der Waals surface area (Å²) in [5, 5.41) is 10.5. The van der Waals surface area contributed by atoms with E-state index in [4.69, 9.17) is 0 Å². The molecule has 1 aromatic carbocycles. The average molecular weight is 274 g/mol. The molecule has 1 saturated carbocycles. The van der Waals surface area contributed by atoms with Crippen molar-refractivity contribution in [2.45, 2.75) is 63.9 Å². The molecular formula is C18H26O2. The lowest BCUT2D eigenvalue weighted by Crippen LogP contribution is -2.35. The molecule has 1 N–H and O–H groups in total. The molecule has 0 aromatic heterocycles. The minimum Gasteiger partial charge on any atom is -0.390 e. The molecule has 1 aliphatic rings. The second-order valence-electron chi connectivity index (χ2n) is 6.18. The van der Waals surface area contributed by atoms with Crippen molar-refractivity contribution in [2.24, 2.45) is 5.92 Å². The number of hydrogen-bond acceptors (Lipinski definition) is 2. The molecule has 0 saturated heterocycles. The molecule has 1 fully saturated rings. The first kappa shape index (κ1) is 15.2. The van der Waals surface area contributed by atoms with E-state index in [1.165, 1.54) is 5.56 Å². The molecule has 0 amide bonds. The number of carbonyl (C=O) groups excluding carboxylic acids is 1. The normalized spacial score (nSPS) is 23.9. The van der Waals surface area contributed by atoms with Gasteiger partial charge in [-0.25, -0.2) is 0 Å². The summed E-state index contributed by atoms with van der Waals surface area (Å²) in [7, 11) is 0. The lowest BCUT2D eigenvalue weighted by Gasteiger charge is -2.34. The second kappa shape index (κ2) is 6.53. The van der Waals surface area contributed by atoms with Gasteiger partial charge < -0.3 is 5.11 Å². The molecule has 0 radical (unpaired) electrons. The molecular weight excluding hydrogens is 248 g/mol. The van der Waals surface area contributed by atoms with E-state index in [2.05, 4.69) is 24.3 Å². The van der Waals surface area contributed by atoms with Crippen LogP contribution in [0.5, 0.6) is 0 Å². The van der Waals surface area contributed by atoms with Gasteiger partial charge >= 0.3 is 0 Å². The van der Waals surface area contributed by atoms with Gasteiger partial charge in [-0.05, 0) is 43.6 Å². The molecule has 0 spiro atoms. The SMILES string of the molecule is CCC(O)(CC)CC1CC(c2ccccc2)CCC1=O. The summed E-state index contributed by atoms with van der Waals surface area (Å²) >= 11 is 0. The molecule has 1 aromatic rings. The Hall–Kier alpha value is -1.15. The molecule has 20 heavy (non-hydrogen) atoms. The van der Waals surface area contributed by atoms with E-state index in [-0.39, 0.29) is 5.92 Å². The van der Waals surface area contributed by atoms with E-state index in [9.17, 15) is 9.90 Å². The van der Waals surface area contributed by atoms with Crippen LogP contribution in [0.3, 0.4) is 0 Å². The van der Waals surface area contributed by atoms with Gasteiger partial charge in [-0.2, -0.15) is 0 Å². The van der Waals surface area contributed by atoms with Crippen LogP contribution < -0.4 is 0 Å². The van der Waals surface area contributed by atoms with Crippen LogP contribution in [0.15, 0.2) is 30.3 Å². The fourth-order valence-electron chi connectivity index (χ4n) is 3.34. The van der Waals surface area contributed by atoms with E-state index < -0.39 is 5.60 Å². The Balaban J connectivity index is 2.07. The standard InChI is InChI=1S/C18H26O2/c1-3-18(20,4-2)13-16-12-15(10-11-17(16)19)14-8-6-5-7-9-14/h5-9,15-16,20H,3-4,10-13H2,1-2H3. The van der Waals surface area contributed by atoms with Gasteiger partial charge in [0.1, 0.15) is 5.78 Å². The molecule has 0 heterocycles. The maximum absolute atomic E-state index is 12.2.